The molecule has 1 atom stereocenters. The summed E-state index contributed by atoms with van der Waals surface area (Å²) in [5.41, 5.74) is 1.11. The molecule has 0 unspecified atom stereocenters. The van der Waals surface area contributed by atoms with E-state index in [9.17, 15) is 0 Å². The van der Waals surface area contributed by atoms with Crippen molar-refractivity contribution in [2.75, 3.05) is 20.3 Å². The predicted molar refractivity (Wildman–Crippen MR) is 87.8 cm³/mol. The first-order chi connectivity index (χ1) is 10.7. The summed E-state index contributed by atoms with van der Waals surface area (Å²) < 4.78 is 18.7. The van der Waals surface area contributed by atoms with Gasteiger partial charge in [-0.25, -0.2) is 0 Å². The average molecular weight is 363 g/mol. The van der Waals surface area contributed by atoms with E-state index >= 15 is 0 Å². The quantitative estimate of drug-likeness (QED) is 0.765. The zero-order valence-electron chi connectivity index (χ0n) is 12.8. The Kier molecular flexibility index (Phi) is 4.84. The van der Waals surface area contributed by atoms with Crippen LogP contribution in [0.25, 0.3) is 0 Å². The van der Waals surface area contributed by atoms with Crippen molar-refractivity contribution >= 4 is 19.4 Å². The van der Waals surface area contributed by atoms with Crippen molar-refractivity contribution in [3.63, 3.8) is 0 Å². The zero-order valence-corrected chi connectivity index (χ0v) is 14.5. The van der Waals surface area contributed by atoms with Gasteiger partial charge in [-0.2, -0.15) is 0 Å². The summed E-state index contributed by atoms with van der Waals surface area (Å²) in [6, 6.07) is 18.5. The molecule has 0 spiro atoms. The fourth-order valence-corrected chi connectivity index (χ4v) is 5.04. The van der Waals surface area contributed by atoms with Gasteiger partial charge in [-0.15, -0.1) is 0 Å². The molecule has 0 aliphatic carbocycles. The van der Waals surface area contributed by atoms with Crippen molar-refractivity contribution in [1.82, 2.24) is 0 Å². The van der Waals surface area contributed by atoms with Crippen LogP contribution in [0, 0.1) is 0 Å². The molecule has 1 saturated heterocycles. The van der Waals surface area contributed by atoms with E-state index in [1.807, 2.05) is 30.3 Å². The Labute approximate surface area is 137 Å². The summed E-state index contributed by atoms with van der Waals surface area (Å²) in [6.07, 6.45) is 0. The van der Waals surface area contributed by atoms with Crippen LogP contribution in [0.3, 0.4) is 0 Å². The summed E-state index contributed by atoms with van der Waals surface area (Å²) in [6.45, 7) is 3.51. The molecule has 1 aliphatic heterocycles. The van der Waals surface area contributed by atoms with E-state index in [-0.39, 0.29) is 19.8 Å². The molecule has 2 aromatic rings. The molecule has 1 fully saturated rings. The third-order valence-electron chi connectivity index (χ3n) is 3.80. The van der Waals surface area contributed by atoms with E-state index in [0.29, 0.717) is 13.2 Å². The van der Waals surface area contributed by atoms with E-state index < -0.39 is 5.79 Å². The van der Waals surface area contributed by atoms with Crippen LogP contribution in [0.1, 0.15) is 12.5 Å². The molecule has 0 aromatic heterocycles. The van der Waals surface area contributed by atoms with Crippen LogP contribution in [-0.4, -0.2) is 35.3 Å². The van der Waals surface area contributed by atoms with Crippen LogP contribution in [0.15, 0.2) is 54.6 Å². The normalized spacial score (nSPS) is 18.1. The minimum atomic E-state index is -0.610. The van der Waals surface area contributed by atoms with Crippen molar-refractivity contribution in [2.45, 2.75) is 17.5 Å². The van der Waals surface area contributed by atoms with Gasteiger partial charge in [-0.1, -0.05) is 0 Å². The first-order valence-electron chi connectivity index (χ1n) is 7.39. The molecule has 2 aromatic carbocycles. The molecule has 22 heavy (non-hydrogen) atoms. The van der Waals surface area contributed by atoms with E-state index in [1.54, 1.807) is 7.11 Å². The van der Waals surface area contributed by atoms with E-state index in [2.05, 4.69) is 31.2 Å². The minimum absolute atomic E-state index is 0.243. The summed E-state index contributed by atoms with van der Waals surface area (Å²) >= 11 is 0.243. The Morgan fingerprint density at radius 2 is 1.64 bits per heavy atom. The monoisotopic (exact) mass is 364 g/mol. The van der Waals surface area contributed by atoms with Crippen LogP contribution in [0.5, 0.6) is 5.75 Å². The molecule has 4 heteroatoms. The van der Waals surface area contributed by atoms with Crippen LogP contribution in [-0.2, 0) is 15.3 Å². The van der Waals surface area contributed by atoms with E-state index in [0.717, 1.165) is 11.3 Å². The number of hydrogen-bond donors (Lipinski definition) is 0. The Morgan fingerprint density at radius 1 is 1.00 bits per heavy atom. The van der Waals surface area contributed by atoms with Gasteiger partial charge in [0, 0.05) is 0 Å². The molecule has 3 rings (SSSR count). The molecular weight excluding hydrogens is 343 g/mol. The molecular formula is C18H20O3Se. The number of methoxy groups -OCH3 is 1. The van der Waals surface area contributed by atoms with Gasteiger partial charge in [0.25, 0.3) is 0 Å². The van der Waals surface area contributed by atoms with Crippen LogP contribution < -0.4 is 9.20 Å². The summed E-state index contributed by atoms with van der Waals surface area (Å²) in [7, 11) is 1.69. The van der Waals surface area contributed by atoms with Crippen molar-refractivity contribution in [3.8, 4) is 5.75 Å². The molecule has 1 heterocycles. The summed E-state index contributed by atoms with van der Waals surface area (Å²) in [5, 5.41) is 0. The van der Waals surface area contributed by atoms with Gasteiger partial charge in [0.15, 0.2) is 0 Å². The van der Waals surface area contributed by atoms with Crippen molar-refractivity contribution < 1.29 is 14.2 Å². The fourth-order valence-electron chi connectivity index (χ4n) is 2.67. The molecule has 0 bridgehead atoms. The van der Waals surface area contributed by atoms with Crippen LogP contribution in [0.2, 0.25) is 4.82 Å². The summed E-state index contributed by atoms with van der Waals surface area (Å²) in [5.74, 6) is 0.277. The summed E-state index contributed by atoms with van der Waals surface area (Å²) in [4.78, 5) is 0.276. The average Bonchev–Trinajstić information content (AvgIpc) is 3.07. The van der Waals surface area contributed by atoms with Crippen molar-refractivity contribution in [3.05, 3.63) is 60.2 Å². The van der Waals surface area contributed by atoms with E-state index in [1.165, 1.54) is 4.46 Å². The molecule has 0 amide bonds. The van der Waals surface area contributed by atoms with E-state index in [4.69, 9.17) is 14.2 Å². The number of rotatable bonds is 5. The Balaban J connectivity index is 1.82. The van der Waals surface area contributed by atoms with Crippen molar-refractivity contribution in [1.29, 1.82) is 0 Å². The molecule has 116 valence electrons. The fraction of sp³-hybridized carbons (Fsp3) is 0.333. The molecule has 0 radical (unpaired) electrons. The maximum atomic E-state index is 6.07. The van der Waals surface area contributed by atoms with Crippen LogP contribution >= 0.6 is 0 Å². The maximum absolute atomic E-state index is 6.07. The predicted octanol–water partition coefficient (Wildman–Crippen LogP) is 2.73. The van der Waals surface area contributed by atoms with Gasteiger partial charge < -0.3 is 0 Å². The number of benzene rings is 2. The molecule has 1 aliphatic rings. The van der Waals surface area contributed by atoms with Gasteiger partial charge in [0.1, 0.15) is 0 Å². The second-order valence-corrected chi connectivity index (χ2v) is 8.13. The first kappa shape index (κ1) is 15.6. The molecule has 0 N–H and O–H groups in total. The third-order valence-corrected chi connectivity index (χ3v) is 6.33. The van der Waals surface area contributed by atoms with Gasteiger partial charge >= 0.3 is 137 Å². The SMILES string of the molecule is COc1ccc([Se][C@H](C)C2(c3ccccc3)OCCO2)cc1. The van der Waals surface area contributed by atoms with Crippen LogP contribution in [0.4, 0.5) is 0 Å². The van der Waals surface area contributed by atoms with Crippen molar-refractivity contribution in [2.24, 2.45) is 0 Å². The zero-order chi connectivity index (χ0) is 15.4. The third kappa shape index (κ3) is 3.06. The van der Waals surface area contributed by atoms with Gasteiger partial charge in [0.2, 0.25) is 0 Å². The second kappa shape index (κ2) is 6.84. The van der Waals surface area contributed by atoms with Gasteiger partial charge in [0.05, 0.1) is 0 Å². The van der Waals surface area contributed by atoms with Gasteiger partial charge in [-0.05, 0) is 0 Å². The topological polar surface area (TPSA) is 27.7 Å². The Bertz CT molecular complexity index is 591. The first-order valence-corrected chi connectivity index (χ1v) is 9.23. The Hall–Kier alpha value is -1.32. The molecule has 0 saturated carbocycles. The second-order valence-electron chi connectivity index (χ2n) is 5.17. The Morgan fingerprint density at radius 3 is 2.23 bits per heavy atom. The standard InChI is InChI=1S/C18H20O3Se/c1-14(22-17-10-8-16(19-2)9-11-17)18(20-12-13-21-18)15-6-4-3-5-7-15/h3-11,14H,12-13H2,1-2H3/t14-/m1/s1. The number of hydrogen-bond acceptors (Lipinski definition) is 3. The molecule has 3 nitrogen and oxygen atoms in total. The number of ether oxygens (including phenoxy) is 3. The van der Waals surface area contributed by atoms with Gasteiger partial charge in [-0.3, -0.25) is 0 Å².